The predicted molar refractivity (Wildman–Crippen MR) is 69.8 cm³/mol. The van der Waals surface area contributed by atoms with Gasteiger partial charge in [0.25, 0.3) is 0 Å². The second-order valence-electron chi connectivity index (χ2n) is 5.01. The smallest absolute Gasteiger partial charge is 0.0471 e. The summed E-state index contributed by atoms with van der Waals surface area (Å²) in [6.45, 7) is 2.08. The number of nitrogens with two attached hydrogens (primary N) is 1. The second-order valence-corrected chi connectivity index (χ2v) is 5.01. The van der Waals surface area contributed by atoms with Crippen molar-refractivity contribution < 1.29 is 5.11 Å². The van der Waals surface area contributed by atoms with Crippen LogP contribution in [0.5, 0.6) is 0 Å². The van der Waals surface area contributed by atoms with E-state index in [1.807, 2.05) is 0 Å². The Labute approximate surface area is 103 Å². The molecule has 1 heterocycles. The molecule has 3 heteroatoms. The fourth-order valence-electron chi connectivity index (χ4n) is 2.75. The van der Waals surface area contributed by atoms with Gasteiger partial charge >= 0.3 is 0 Å². The van der Waals surface area contributed by atoms with Gasteiger partial charge in [0.05, 0.1) is 0 Å². The number of rotatable bonds is 4. The molecule has 0 bridgehead atoms. The van der Waals surface area contributed by atoms with Gasteiger partial charge in [-0.2, -0.15) is 0 Å². The molecule has 0 radical (unpaired) electrons. The maximum absolute atomic E-state index is 8.98. The lowest BCUT2D eigenvalue weighted by Crippen LogP contribution is -2.20. The Hall–Kier alpha value is -0.900. The molecule has 1 aliphatic rings. The highest BCUT2D eigenvalue weighted by molar-refractivity contribution is 5.27. The third-order valence-electron chi connectivity index (χ3n) is 3.70. The van der Waals surface area contributed by atoms with Crippen LogP contribution < -0.4 is 5.73 Å². The average Bonchev–Trinajstić information content (AvgIpc) is 2.71. The van der Waals surface area contributed by atoms with Gasteiger partial charge in [0.1, 0.15) is 0 Å². The normalized spacial score (nSPS) is 25.4. The lowest BCUT2D eigenvalue weighted by atomic mass is 9.98. The lowest BCUT2D eigenvalue weighted by molar-refractivity contribution is 0.299. The highest BCUT2D eigenvalue weighted by atomic mass is 16.2. The minimum atomic E-state index is 0.218. The van der Waals surface area contributed by atoms with Crippen molar-refractivity contribution in [3.05, 3.63) is 35.4 Å². The lowest BCUT2D eigenvalue weighted by Gasteiger charge is -2.20. The van der Waals surface area contributed by atoms with E-state index < -0.39 is 0 Å². The molecule has 1 aliphatic heterocycles. The largest absolute Gasteiger partial charge is 0.396 e. The van der Waals surface area contributed by atoms with Crippen molar-refractivity contribution in [3.63, 3.8) is 0 Å². The van der Waals surface area contributed by atoms with E-state index in [-0.39, 0.29) is 6.61 Å². The van der Waals surface area contributed by atoms with Crippen molar-refractivity contribution in [1.29, 1.82) is 0 Å². The van der Waals surface area contributed by atoms with Crippen LogP contribution in [0.15, 0.2) is 24.3 Å². The number of likely N-dealkylation sites (tertiary alicyclic amines) is 1. The zero-order valence-corrected chi connectivity index (χ0v) is 10.5. The molecule has 1 aromatic carbocycles. The van der Waals surface area contributed by atoms with E-state index in [1.165, 1.54) is 11.1 Å². The first-order valence-corrected chi connectivity index (χ1v) is 6.34. The molecule has 2 atom stereocenters. The van der Waals surface area contributed by atoms with E-state index in [9.17, 15) is 0 Å². The molecule has 0 aliphatic carbocycles. The Morgan fingerprint density at radius 1 is 1.47 bits per heavy atom. The number of hydrogen-bond donors (Lipinski definition) is 2. The summed E-state index contributed by atoms with van der Waals surface area (Å²) in [5.41, 5.74) is 8.33. The van der Waals surface area contributed by atoms with Gasteiger partial charge in [0, 0.05) is 19.2 Å². The van der Waals surface area contributed by atoms with E-state index in [1.54, 1.807) is 0 Å². The summed E-state index contributed by atoms with van der Waals surface area (Å²) in [6, 6.07) is 9.05. The number of aliphatic hydroxyl groups is 1. The highest BCUT2D eigenvalue weighted by Gasteiger charge is 2.29. The maximum Gasteiger partial charge on any atom is 0.0471 e. The summed E-state index contributed by atoms with van der Waals surface area (Å²) in [6.07, 6.45) is 1.89. The monoisotopic (exact) mass is 234 g/mol. The van der Waals surface area contributed by atoms with Crippen LogP contribution >= 0.6 is 0 Å². The minimum Gasteiger partial charge on any atom is -0.396 e. The SMILES string of the molecule is CN1CC(CN)CC1c1cccc(CCO)c1. The van der Waals surface area contributed by atoms with Crippen molar-refractivity contribution in [1.82, 2.24) is 4.90 Å². The van der Waals surface area contributed by atoms with E-state index in [4.69, 9.17) is 10.8 Å². The van der Waals surface area contributed by atoms with Crippen molar-refractivity contribution in [2.75, 3.05) is 26.7 Å². The van der Waals surface area contributed by atoms with Gasteiger partial charge in [-0.25, -0.2) is 0 Å². The summed E-state index contributed by atoms with van der Waals surface area (Å²) < 4.78 is 0. The molecule has 3 N–H and O–H groups in total. The standard InChI is InChI=1S/C14H22N2O/c1-16-10-12(9-15)8-14(16)13-4-2-3-11(7-13)5-6-17/h2-4,7,12,14,17H,5-6,8-10,15H2,1H3. The van der Waals surface area contributed by atoms with Crippen LogP contribution in [-0.2, 0) is 6.42 Å². The average molecular weight is 234 g/mol. The molecule has 3 nitrogen and oxygen atoms in total. The van der Waals surface area contributed by atoms with Gasteiger partial charge < -0.3 is 10.8 Å². The molecule has 2 rings (SSSR count). The molecular formula is C14H22N2O. The molecular weight excluding hydrogens is 212 g/mol. The molecule has 0 aromatic heterocycles. The third kappa shape index (κ3) is 2.86. The van der Waals surface area contributed by atoms with Crippen molar-refractivity contribution in [3.8, 4) is 0 Å². The first-order valence-electron chi connectivity index (χ1n) is 6.34. The van der Waals surface area contributed by atoms with Gasteiger partial charge in [0.2, 0.25) is 0 Å². The van der Waals surface area contributed by atoms with E-state index in [0.717, 1.165) is 25.9 Å². The zero-order chi connectivity index (χ0) is 12.3. The Morgan fingerprint density at radius 2 is 2.29 bits per heavy atom. The first kappa shape index (κ1) is 12.6. The van der Waals surface area contributed by atoms with Crippen LogP contribution in [0.1, 0.15) is 23.6 Å². The predicted octanol–water partition coefficient (Wildman–Crippen LogP) is 1.17. The summed E-state index contributed by atoms with van der Waals surface area (Å²) in [5.74, 6) is 0.617. The van der Waals surface area contributed by atoms with Gasteiger partial charge in [-0.05, 0) is 43.5 Å². The summed E-state index contributed by atoms with van der Waals surface area (Å²) in [5, 5.41) is 8.98. The second kappa shape index (κ2) is 5.63. The number of aliphatic hydroxyl groups excluding tert-OH is 1. The minimum absolute atomic E-state index is 0.218. The molecule has 17 heavy (non-hydrogen) atoms. The van der Waals surface area contributed by atoms with Crippen LogP contribution in [-0.4, -0.2) is 36.8 Å². The van der Waals surface area contributed by atoms with E-state index in [2.05, 4.69) is 36.2 Å². The third-order valence-corrected chi connectivity index (χ3v) is 3.70. The molecule has 2 unspecified atom stereocenters. The summed E-state index contributed by atoms with van der Waals surface area (Å²) in [7, 11) is 2.17. The fourth-order valence-corrected chi connectivity index (χ4v) is 2.75. The highest BCUT2D eigenvalue weighted by Crippen LogP contribution is 2.33. The number of benzene rings is 1. The van der Waals surface area contributed by atoms with E-state index >= 15 is 0 Å². The molecule has 94 valence electrons. The summed E-state index contributed by atoms with van der Waals surface area (Å²) in [4.78, 5) is 2.38. The quantitative estimate of drug-likeness (QED) is 0.822. The van der Waals surface area contributed by atoms with Gasteiger partial charge in [-0.3, -0.25) is 4.90 Å². The van der Waals surface area contributed by atoms with Crippen LogP contribution in [0.25, 0.3) is 0 Å². The maximum atomic E-state index is 8.98. The Kier molecular flexibility index (Phi) is 4.15. The molecule has 0 saturated carbocycles. The summed E-state index contributed by atoms with van der Waals surface area (Å²) >= 11 is 0. The Bertz CT molecular complexity index is 367. The number of hydrogen-bond acceptors (Lipinski definition) is 3. The molecule has 1 saturated heterocycles. The van der Waals surface area contributed by atoms with Gasteiger partial charge in [-0.1, -0.05) is 24.3 Å². The van der Waals surface area contributed by atoms with Gasteiger partial charge in [0.15, 0.2) is 0 Å². The molecule has 0 amide bonds. The first-order chi connectivity index (χ1) is 8.24. The van der Waals surface area contributed by atoms with Crippen molar-refractivity contribution in [2.24, 2.45) is 11.7 Å². The Balaban J connectivity index is 2.13. The van der Waals surface area contributed by atoms with Crippen LogP contribution in [0.2, 0.25) is 0 Å². The Morgan fingerprint density at radius 3 is 2.94 bits per heavy atom. The number of nitrogens with zero attached hydrogens (tertiary/aromatic N) is 1. The van der Waals surface area contributed by atoms with E-state index in [0.29, 0.717) is 12.0 Å². The molecule has 0 spiro atoms. The van der Waals surface area contributed by atoms with Crippen LogP contribution in [0, 0.1) is 5.92 Å². The van der Waals surface area contributed by atoms with Crippen molar-refractivity contribution >= 4 is 0 Å². The van der Waals surface area contributed by atoms with Crippen LogP contribution in [0.4, 0.5) is 0 Å². The van der Waals surface area contributed by atoms with Crippen LogP contribution in [0.3, 0.4) is 0 Å². The molecule has 1 fully saturated rings. The topological polar surface area (TPSA) is 49.5 Å². The zero-order valence-electron chi connectivity index (χ0n) is 10.5. The molecule has 1 aromatic rings. The van der Waals surface area contributed by atoms with Crippen molar-refractivity contribution in [2.45, 2.75) is 18.9 Å². The van der Waals surface area contributed by atoms with Gasteiger partial charge in [-0.15, -0.1) is 0 Å². The fraction of sp³-hybridized carbons (Fsp3) is 0.571.